The SMILES string of the molecule is CC(CCCO)Nc1nccn1C. The molecular weight excluding hydrogens is 166 g/mol. The highest BCUT2D eigenvalue weighted by Gasteiger charge is 2.03. The number of nitrogens with zero attached hydrogens (tertiary/aromatic N) is 2. The van der Waals surface area contributed by atoms with Gasteiger partial charge in [0.05, 0.1) is 0 Å². The highest BCUT2D eigenvalue weighted by atomic mass is 16.2. The molecule has 1 aromatic heterocycles. The number of rotatable bonds is 5. The van der Waals surface area contributed by atoms with E-state index in [2.05, 4.69) is 17.2 Å². The largest absolute Gasteiger partial charge is 0.396 e. The summed E-state index contributed by atoms with van der Waals surface area (Å²) in [5, 5.41) is 11.9. The van der Waals surface area contributed by atoms with Gasteiger partial charge in [0, 0.05) is 32.1 Å². The zero-order valence-corrected chi connectivity index (χ0v) is 8.20. The maximum absolute atomic E-state index is 8.65. The Balaban J connectivity index is 2.36. The molecule has 0 amide bonds. The third kappa shape index (κ3) is 3.06. The van der Waals surface area contributed by atoms with Gasteiger partial charge in [-0.2, -0.15) is 0 Å². The fraction of sp³-hybridized carbons (Fsp3) is 0.667. The van der Waals surface area contributed by atoms with Crippen LogP contribution < -0.4 is 5.32 Å². The van der Waals surface area contributed by atoms with Gasteiger partial charge in [-0.15, -0.1) is 0 Å². The number of aryl methyl sites for hydroxylation is 1. The molecule has 0 bridgehead atoms. The van der Waals surface area contributed by atoms with E-state index in [0.29, 0.717) is 6.04 Å². The lowest BCUT2D eigenvalue weighted by molar-refractivity contribution is 0.282. The van der Waals surface area contributed by atoms with Crippen LogP contribution in [0.2, 0.25) is 0 Å². The van der Waals surface area contributed by atoms with Crippen LogP contribution in [0, 0.1) is 0 Å². The van der Waals surface area contributed by atoms with Crippen molar-refractivity contribution in [1.82, 2.24) is 9.55 Å². The van der Waals surface area contributed by atoms with Crippen LogP contribution in [0.15, 0.2) is 12.4 Å². The summed E-state index contributed by atoms with van der Waals surface area (Å²) in [6.07, 6.45) is 5.46. The van der Waals surface area contributed by atoms with Crippen molar-refractivity contribution in [2.24, 2.45) is 7.05 Å². The molecule has 1 unspecified atom stereocenters. The molecule has 0 saturated carbocycles. The van der Waals surface area contributed by atoms with Crippen molar-refractivity contribution in [2.45, 2.75) is 25.8 Å². The molecule has 1 heterocycles. The van der Waals surface area contributed by atoms with Crippen molar-refractivity contribution in [3.05, 3.63) is 12.4 Å². The monoisotopic (exact) mass is 183 g/mol. The second-order valence-electron chi connectivity index (χ2n) is 3.27. The van der Waals surface area contributed by atoms with E-state index in [-0.39, 0.29) is 6.61 Å². The van der Waals surface area contributed by atoms with Gasteiger partial charge >= 0.3 is 0 Å². The first-order valence-electron chi connectivity index (χ1n) is 4.58. The molecule has 74 valence electrons. The molecule has 0 radical (unpaired) electrons. The van der Waals surface area contributed by atoms with Crippen molar-refractivity contribution in [2.75, 3.05) is 11.9 Å². The van der Waals surface area contributed by atoms with Gasteiger partial charge in [-0.1, -0.05) is 0 Å². The Morgan fingerprint density at radius 3 is 3.00 bits per heavy atom. The third-order valence-corrected chi connectivity index (χ3v) is 1.99. The van der Waals surface area contributed by atoms with E-state index in [4.69, 9.17) is 5.11 Å². The predicted octanol–water partition coefficient (Wildman–Crippen LogP) is 0.993. The van der Waals surface area contributed by atoms with Crippen LogP contribution in [0.1, 0.15) is 19.8 Å². The van der Waals surface area contributed by atoms with Crippen molar-refractivity contribution < 1.29 is 5.11 Å². The average Bonchev–Trinajstić information content (AvgIpc) is 2.48. The Kier molecular flexibility index (Phi) is 3.76. The molecule has 0 fully saturated rings. The van der Waals surface area contributed by atoms with Gasteiger partial charge in [0.1, 0.15) is 0 Å². The summed E-state index contributed by atoms with van der Waals surface area (Å²) in [6.45, 7) is 2.34. The van der Waals surface area contributed by atoms with Gasteiger partial charge in [0.15, 0.2) is 0 Å². The summed E-state index contributed by atoms with van der Waals surface area (Å²) in [5.41, 5.74) is 0. The van der Waals surface area contributed by atoms with E-state index in [1.54, 1.807) is 6.20 Å². The molecule has 0 aliphatic rings. The summed E-state index contributed by atoms with van der Waals surface area (Å²) < 4.78 is 1.94. The summed E-state index contributed by atoms with van der Waals surface area (Å²) in [7, 11) is 1.95. The molecule has 0 aliphatic carbocycles. The fourth-order valence-electron chi connectivity index (χ4n) is 1.19. The minimum atomic E-state index is 0.257. The minimum absolute atomic E-state index is 0.257. The lowest BCUT2D eigenvalue weighted by Gasteiger charge is -2.13. The topological polar surface area (TPSA) is 50.1 Å². The van der Waals surface area contributed by atoms with E-state index in [9.17, 15) is 0 Å². The maximum Gasteiger partial charge on any atom is 0.202 e. The van der Waals surface area contributed by atoms with Gasteiger partial charge in [-0.25, -0.2) is 4.98 Å². The van der Waals surface area contributed by atoms with Crippen molar-refractivity contribution in [3.63, 3.8) is 0 Å². The van der Waals surface area contributed by atoms with Crippen LogP contribution >= 0.6 is 0 Å². The zero-order chi connectivity index (χ0) is 9.68. The number of anilines is 1. The summed E-state index contributed by atoms with van der Waals surface area (Å²) >= 11 is 0. The number of imidazole rings is 1. The van der Waals surface area contributed by atoms with E-state index in [0.717, 1.165) is 18.8 Å². The van der Waals surface area contributed by atoms with Crippen molar-refractivity contribution >= 4 is 5.95 Å². The Hall–Kier alpha value is -1.03. The lowest BCUT2D eigenvalue weighted by atomic mass is 10.2. The van der Waals surface area contributed by atoms with Gasteiger partial charge in [-0.3, -0.25) is 0 Å². The molecule has 2 N–H and O–H groups in total. The average molecular weight is 183 g/mol. The zero-order valence-electron chi connectivity index (χ0n) is 8.20. The first-order chi connectivity index (χ1) is 6.24. The number of hydrogen-bond donors (Lipinski definition) is 2. The van der Waals surface area contributed by atoms with Gasteiger partial charge in [-0.05, 0) is 19.8 Å². The summed E-state index contributed by atoms with van der Waals surface area (Å²) in [6, 6.07) is 0.355. The predicted molar refractivity (Wildman–Crippen MR) is 52.6 cm³/mol. The van der Waals surface area contributed by atoms with Crippen LogP contribution in [-0.2, 0) is 7.05 Å². The number of aromatic nitrogens is 2. The van der Waals surface area contributed by atoms with E-state index < -0.39 is 0 Å². The molecule has 0 spiro atoms. The normalized spacial score (nSPS) is 12.8. The molecule has 1 aromatic rings. The Morgan fingerprint density at radius 2 is 2.46 bits per heavy atom. The van der Waals surface area contributed by atoms with E-state index >= 15 is 0 Å². The van der Waals surface area contributed by atoms with Crippen LogP contribution in [0.5, 0.6) is 0 Å². The minimum Gasteiger partial charge on any atom is -0.396 e. The first-order valence-corrected chi connectivity index (χ1v) is 4.58. The second-order valence-corrected chi connectivity index (χ2v) is 3.27. The lowest BCUT2D eigenvalue weighted by Crippen LogP contribution is -2.17. The Bertz CT molecular complexity index is 247. The number of nitrogens with one attached hydrogen (secondary N) is 1. The summed E-state index contributed by atoms with van der Waals surface area (Å²) in [5.74, 6) is 0.880. The molecule has 1 rings (SSSR count). The van der Waals surface area contributed by atoms with Gasteiger partial charge in [0.25, 0.3) is 0 Å². The van der Waals surface area contributed by atoms with Gasteiger partial charge < -0.3 is 15.0 Å². The van der Waals surface area contributed by atoms with Gasteiger partial charge in [0.2, 0.25) is 5.95 Å². The molecular formula is C9H17N3O. The second kappa shape index (κ2) is 4.87. The molecule has 0 aromatic carbocycles. The van der Waals surface area contributed by atoms with E-state index in [1.807, 2.05) is 17.8 Å². The van der Waals surface area contributed by atoms with Crippen molar-refractivity contribution in [1.29, 1.82) is 0 Å². The number of aliphatic hydroxyl groups is 1. The smallest absolute Gasteiger partial charge is 0.202 e. The maximum atomic E-state index is 8.65. The third-order valence-electron chi connectivity index (χ3n) is 1.99. The van der Waals surface area contributed by atoms with Crippen molar-refractivity contribution in [3.8, 4) is 0 Å². The highest BCUT2D eigenvalue weighted by molar-refractivity contribution is 5.26. The first kappa shape index (κ1) is 10.1. The number of hydrogen-bond acceptors (Lipinski definition) is 3. The molecule has 0 saturated heterocycles. The number of aliphatic hydroxyl groups excluding tert-OH is 1. The molecule has 4 heteroatoms. The highest BCUT2D eigenvalue weighted by Crippen LogP contribution is 2.06. The molecule has 0 aliphatic heterocycles. The van der Waals surface area contributed by atoms with Crippen LogP contribution in [0.3, 0.4) is 0 Å². The van der Waals surface area contributed by atoms with Crippen LogP contribution in [-0.4, -0.2) is 27.3 Å². The standard InChI is InChI=1S/C9H17N3O/c1-8(4-3-7-13)11-9-10-5-6-12(9)2/h5-6,8,13H,3-4,7H2,1-2H3,(H,10,11). The molecule has 1 atom stereocenters. The Labute approximate surface area is 78.6 Å². The quantitative estimate of drug-likeness (QED) is 0.715. The van der Waals surface area contributed by atoms with Crippen LogP contribution in [0.4, 0.5) is 5.95 Å². The molecule has 13 heavy (non-hydrogen) atoms. The fourth-order valence-corrected chi connectivity index (χ4v) is 1.19. The Morgan fingerprint density at radius 1 is 1.69 bits per heavy atom. The van der Waals surface area contributed by atoms with E-state index in [1.165, 1.54) is 0 Å². The summed E-state index contributed by atoms with van der Waals surface area (Å²) in [4.78, 5) is 4.15. The molecule has 4 nitrogen and oxygen atoms in total. The van der Waals surface area contributed by atoms with Crippen LogP contribution in [0.25, 0.3) is 0 Å².